The van der Waals surface area contributed by atoms with Crippen LogP contribution in [-0.2, 0) is 27.1 Å². The Labute approximate surface area is 193 Å². The number of imidazole rings is 1. The molecule has 174 valence electrons. The Hall–Kier alpha value is -2.77. The van der Waals surface area contributed by atoms with Crippen LogP contribution in [0.4, 0.5) is 4.39 Å². The van der Waals surface area contributed by atoms with Gasteiger partial charge in [-0.15, -0.1) is 0 Å². The topological polar surface area (TPSA) is 56.1 Å². The molecule has 7 heteroatoms. The molecule has 0 unspecified atom stereocenters. The van der Waals surface area contributed by atoms with E-state index < -0.39 is 5.41 Å². The Morgan fingerprint density at radius 2 is 1.85 bits per heavy atom. The summed E-state index contributed by atoms with van der Waals surface area (Å²) in [6.45, 7) is 3.61. The van der Waals surface area contributed by atoms with E-state index in [0.717, 1.165) is 17.6 Å². The van der Waals surface area contributed by atoms with Crippen molar-refractivity contribution >= 4 is 11.6 Å². The number of rotatable bonds is 5. The van der Waals surface area contributed by atoms with Gasteiger partial charge in [0.1, 0.15) is 11.5 Å². The van der Waals surface area contributed by atoms with Crippen LogP contribution in [0.3, 0.4) is 0 Å². The van der Waals surface area contributed by atoms with Crippen molar-refractivity contribution in [1.82, 2.24) is 14.3 Å². The van der Waals surface area contributed by atoms with Gasteiger partial charge < -0.3 is 18.8 Å². The summed E-state index contributed by atoms with van der Waals surface area (Å²) in [7, 11) is 0. The molecule has 2 aromatic heterocycles. The van der Waals surface area contributed by atoms with E-state index in [0.29, 0.717) is 58.8 Å². The SMILES string of the molecule is O=C(N1CCOC[C@@H](Cc2ccc3nccn3c2)C1)C1(Cc2ccc(F)cc2)CCOCC1. The first-order valence-corrected chi connectivity index (χ1v) is 11.7. The van der Waals surface area contributed by atoms with E-state index in [9.17, 15) is 9.18 Å². The van der Waals surface area contributed by atoms with Gasteiger partial charge in [-0.25, -0.2) is 9.37 Å². The van der Waals surface area contributed by atoms with Crippen LogP contribution in [0.15, 0.2) is 55.0 Å². The number of nitrogens with zero attached hydrogens (tertiary/aromatic N) is 3. The van der Waals surface area contributed by atoms with Crippen LogP contribution in [0.5, 0.6) is 0 Å². The molecule has 0 bridgehead atoms. The Morgan fingerprint density at radius 1 is 1.06 bits per heavy atom. The number of ether oxygens (including phenoxy) is 2. The van der Waals surface area contributed by atoms with Crippen LogP contribution < -0.4 is 0 Å². The van der Waals surface area contributed by atoms with Crippen LogP contribution in [-0.4, -0.2) is 59.7 Å². The van der Waals surface area contributed by atoms with Gasteiger partial charge in [-0.2, -0.15) is 0 Å². The lowest BCUT2D eigenvalue weighted by molar-refractivity contribution is -0.148. The third kappa shape index (κ3) is 4.94. The number of carbonyl (C=O) groups is 1. The van der Waals surface area contributed by atoms with Gasteiger partial charge in [0, 0.05) is 50.8 Å². The lowest BCUT2D eigenvalue weighted by atomic mass is 9.74. The van der Waals surface area contributed by atoms with Crippen molar-refractivity contribution in [2.24, 2.45) is 11.3 Å². The minimum absolute atomic E-state index is 0.177. The van der Waals surface area contributed by atoms with Crippen molar-refractivity contribution in [2.45, 2.75) is 25.7 Å². The smallest absolute Gasteiger partial charge is 0.229 e. The van der Waals surface area contributed by atoms with E-state index in [1.807, 2.05) is 21.6 Å². The summed E-state index contributed by atoms with van der Waals surface area (Å²) in [6, 6.07) is 10.7. The summed E-state index contributed by atoms with van der Waals surface area (Å²) in [5.41, 5.74) is 2.61. The summed E-state index contributed by atoms with van der Waals surface area (Å²) < 4.78 is 27.0. The molecule has 4 heterocycles. The van der Waals surface area contributed by atoms with Gasteiger partial charge in [0.25, 0.3) is 0 Å². The average Bonchev–Trinajstić information content (AvgIpc) is 3.18. The highest BCUT2D eigenvalue weighted by molar-refractivity contribution is 5.83. The third-order valence-electron chi connectivity index (χ3n) is 6.96. The molecule has 2 aliphatic rings. The zero-order valence-electron chi connectivity index (χ0n) is 18.8. The molecule has 0 aliphatic carbocycles. The standard InChI is InChI=1S/C26H30FN3O3/c27-23-4-1-20(2-5-23)16-26(7-12-32-13-8-26)25(31)30-11-14-33-19-22(18-30)15-21-3-6-24-28-9-10-29(24)17-21/h1-6,9-10,17,22H,7-8,11-16,18-19H2/t22-/m0/s1. The number of hydrogen-bond donors (Lipinski definition) is 0. The Morgan fingerprint density at radius 3 is 2.67 bits per heavy atom. The molecule has 33 heavy (non-hydrogen) atoms. The number of fused-ring (bicyclic) bond motifs is 1. The number of amides is 1. The predicted octanol–water partition coefficient (Wildman–Crippen LogP) is 3.53. The number of pyridine rings is 1. The van der Waals surface area contributed by atoms with Gasteiger partial charge in [0.05, 0.1) is 18.6 Å². The molecule has 6 nitrogen and oxygen atoms in total. The Bertz CT molecular complexity index is 1090. The molecule has 1 aromatic carbocycles. The minimum Gasteiger partial charge on any atom is -0.381 e. The van der Waals surface area contributed by atoms with Crippen LogP contribution in [0, 0.1) is 17.2 Å². The number of halogens is 1. The predicted molar refractivity (Wildman–Crippen MR) is 122 cm³/mol. The second-order valence-corrected chi connectivity index (χ2v) is 9.32. The minimum atomic E-state index is -0.513. The molecule has 1 amide bonds. The highest BCUT2D eigenvalue weighted by Gasteiger charge is 2.43. The highest BCUT2D eigenvalue weighted by Crippen LogP contribution is 2.37. The van der Waals surface area contributed by atoms with Gasteiger partial charge in [0.15, 0.2) is 0 Å². The summed E-state index contributed by atoms with van der Waals surface area (Å²) in [5.74, 6) is 0.142. The molecule has 1 atom stereocenters. The summed E-state index contributed by atoms with van der Waals surface area (Å²) in [5, 5.41) is 0. The number of carbonyl (C=O) groups excluding carboxylic acids is 1. The van der Waals surface area contributed by atoms with E-state index in [-0.39, 0.29) is 17.6 Å². The van der Waals surface area contributed by atoms with E-state index in [4.69, 9.17) is 9.47 Å². The van der Waals surface area contributed by atoms with Crippen LogP contribution in [0.1, 0.15) is 24.0 Å². The monoisotopic (exact) mass is 451 g/mol. The van der Waals surface area contributed by atoms with E-state index >= 15 is 0 Å². The van der Waals surface area contributed by atoms with Crippen molar-refractivity contribution in [1.29, 1.82) is 0 Å². The Kier molecular flexibility index (Phi) is 6.42. The van der Waals surface area contributed by atoms with Crippen molar-refractivity contribution in [3.8, 4) is 0 Å². The second kappa shape index (κ2) is 9.61. The van der Waals surface area contributed by atoms with E-state index in [1.165, 1.54) is 17.7 Å². The van der Waals surface area contributed by atoms with Gasteiger partial charge in [0.2, 0.25) is 5.91 Å². The first-order chi connectivity index (χ1) is 16.1. The first-order valence-electron chi connectivity index (χ1n) is 11.7. The summed E-state index contributed by atoms with van der Waals surface area (Å²) in [4.78, 5) is 20.3. The van der Waals surface area contributed by atoms with Crippen LogP contribution in [0.2, 0.25) is 0 Å². The molecule has 5 rings (SSSR count). The molecule has 0 spiro atoms. The molecule has 2 aliphatic heterocycles. The van der Waals surface area contributed by atoms with Gasteiger partial charge >= 0.3 is 0 Å². The molecular weight excluding hydrogens is 421 g/mol. The van der Waals surface area contributed by atoms with Crippen LogP contribution >= 0.6 is 0 Å². The number of aromatic nitrogens is 2. The summed E-state index contributed by atoms with van der Waals surface area (Å²) in [6.07, 6.45) is 8.66. The van der Waals surface area contributed by atoms with Crippen molar-refractivity contribution in [3.05, 3.63) is 71.9 Å². The number of hydrogen-bond acceptors (Lipinski definition) is 4. The number of benzene rings is 1. The fraction of sp³-hybridized carbons (Fsp3) is 0.462. The van der Waals surface area contributed by atoms with Crippen LogP contribution in [0.25, 0.3) is 5.65 Å². The largest absolute Gasteiger partial charge is 0.381 e. The maximum atomic E-state index is 14.0. The molecule has 2 saturated heterocycles. The van der Waals surface area contributed by atoms with Gasteiger partial charge in [-0.05, 0) is 55.0 Å². The normalized spacial score (nSPS) is 21.1. The molecular formula is C26H30FN3O3. The highest BCUT2D eigenvalue weighted by atomic mass is 19.1. The zero-order valence-corrected chi connectivity index (χ0v) is 18.8. The first kappa shape index (κ1) is 22.0. The lowest BCUT2D eigenvalue weighted by Gasteiger charge is -2.40. The van der Waals surface area contributed by atoms with Crippen molar-refractivity contribution in [2.75, 3.05) is 39.5 Å². The van der Waals surface area contributed by atoms with Crippen molar-refractivity contribution < 1.29 is 18.7 Å². The fourth-order valence-corrected chi connectivity index (χ4v) is 5.17. The van der Waals surface area contributed by atoms with E-state index in [2.05, 4.69) is 17.2 Å². The third-order valence-corrected chi connectivity index (χ3v) is 6.96. The molecule has 2 fully saturated rings. The van der Waals surface area contributed by atoms with Gasteiger partial charge in [-0.1, -0.05) is 18.2 Å². The zero-order chi connectivity index (χ0) is 22.7. The molecule has 0 N–H and O–H groups in total. The molecule has 0 radical (unpaired) electrons. The maximum Gasteiger partial charge on any atom is 0.229 e. The fourth-order valence-electron chi connectivity index (χ4n) is 5.17. The average molecular weight is 452 g/mol. The lowest BCUT2D eigenvalue weighted by Crippen LogP contribution is -2.50. The van der Waals surface area contributed by atoms with Crippen molar-refractivity contribution in [3.63, 3.8) is 0 Å². The molecule has 3 aromatic rings. The summed E-state index contributed by atoms with van der Waals surface area (Å²) >= 11 is 0. The molecule has 0 saturated carbocycles. The Balaban J connectivity index is 1.33. The maximum absolute atomic E-state index is 14.0. The second-order valence-electron chi connectivity index (χ2n) is 9.32. The van der Waals surface area contributed by atoms with Gasteiger partial charge in [-0.3, -0.25) is 4.79 Å². The quantitative estimate of drug-likeness (QED) is 0.596. The van der Waals surface area contributed by atoms with E-state index in [1.54, 1.807) is 18.3 Å².